The minimum Gasteiger partial charge on any atom is -0.487 e. The highest BCUT2D eigenvalue weighted by molar-refractivity contribution is 6.67. The van der Waals surface area contributed by atoms with Crippen molar-refractivity contribution in [1.82, 2.24) is 19.7 Å². The minimum atomic E-state index is -3.46. The quantitative estimate of drug-likeness (QED) is 0.174. The Bertz CT molecular complexity index is 1620. The van der Waals surface area contributed by atoms with Gasteiger partial charge in [-0.05, 0) is 51.8 Å². The van der Waals surface area contributed by atoms with Crippen LogP contribution in [0.1, 0.15) is 33.6 Å². The molecular weight excluding hydrogens is 546 g/mol. The fourth-order valence-electron chi connectivity index (χ4n) is 4.62. The number of nitriles is 1. The second-order valence-electron chi connectivity index (χ2n) is 11.1. The summed E-state index contributed by atoms with van der Waals surface area (Å²) in [6.45, 7) is 5.96. The Kier molecular flexibility index (Phi) is 7.92. The van der Waals surface area contributed by atoms with Crippen LogP contribution in [0.2, 0.25) is 12.6 Å². The van der Waals surface area contributed by atoms with Crippen molar-refractivity contribution in [2.75, 3.05) is 5.32 Å². The van der Waals surface area contributed by atoms with Gasteiger partial charge in [0.15, 0.2) is 11.5 Å². The van der Waals surface area contributed by atoms with Crippen LogP contribution in [0, 0.1) is 17.0 Å². The third kappa shape index (κ3) is 6.88. The third-order valence-corrected chi connectivity index (χ3v) is 6.77. The van der Waals surface area contributed by atoms with E-state index in [0.717, 1.165) is 0 Å². The number of nitrogens with one attached hydrogen (secondary N) is 1. The lowest BCUT2D eigenvalue weighted by atomic mass is 9.42. The zero-order chi connectivity index (χ0) is 30.1. The summed E-state index contributed by atoms with van der Waals surface area (Å²) in [7, 11) is 0. The molecule has 3 heterocycles. The number of hydrogen-bond donors (Lipinski definition) is 4. The van der Waals surface area contributed by atoms with Gasteiger partial charge in [0.1, 0.15) is 23.7 Å². The van der Waals surface area contributed by atoms with Gasteiger partial charge in [0.2, 0.25) is 5.88 Å². The number of anilines is 2. The molecule has 0 amide bonds. The van der Waals surface area contributed by atoms with E-state index in [1.807, 2.05) is 20.8 Å². The molecule has 0 radical (unpaired) electrons. The molecule has 5 rings (SSSR count). The predicted octanol–water partition coefficient (Wildman–Crippen LogP) is 4.32. The van der Waals surface area contributed by atoms with E-state index in [2.05, 4.69) is 26.4 Å². The molecule has 218 valence electrons. The van der Waals surface area contributed by atoms with E-state index in [0.29, 0.717) is 42.3 Å². The van der Waals surface area contributed by atoms with E-state index >= 15 is 4.39 Å². The zero-order valence-electron chi connectivity index (χ0n) is 23.3. The molecular formula is C28H30BFN6O6. The van der Waals surface area contributed by atoms with Gasteiger partial charge in [-0.3, -0.25) is 4.68 Å². The van der Waals surface area contributed by atoms with Crippen LogP contribution >= 0.6 is 0 Å². The van der Waals surface area contributed by atoms with Crippen LogP contribution in [0.5, 0.6) is 23.1 Å². The number of aromatic nitrogens is 4. The highest BCUT2D eigenvalue weighted by atomic mass is 19.1. The van der Waals surface area contributed by atoms with Crippen LogP contribution in [0.15, 0.2) is 48.9 Å². The monoisotopic (exact) mass is 576 g/mol. The average Bonchev–Trinajstić information content (AvgIpc) is 3.40. The van der Waals surface area contributed by atoms with E-state index in [1.165, 1.54) is 30.6 Å². The Morgan fingerprint density at radius 1 is 1.07 bits per heavy atom. The molecule has 12 nitrogen and oxygen atoms in total. The van der Waals surface area contributed by atoms with Gasteiger partial charge in [0.25, 0.3) is 6.71 Å². The van der Waals surface area contributed by atoms with E-state index in [1.54, 1.807) is 23.0 Å². The maximum atomic E-state index is 15.2. The maximum Gasteiger partial charge on any atom is 0.453 e. The molecule has 0 unspecified atom stereocenters. The molecule has 4 N–H and O–H groups in total. The second-order valence-corrected chi connectivity index (χ2v) is 11.1. The summed E-state index contributed by atoms with van der Waals surface area (Å²) in [6.07, 6.45) is 1.80. The van der Waals surface area contributed by atoms with E-state index in [4.69, 9.17) is 14.2 Å². The van der Waals surface area contributed by atoms with E-state index in [-0.39, 0.29) is 47.1 Å². The van der Waals surface area contributed by atoms with Gasteiger partial charge in [0, 0.05) is 35.8 Å². The van der Waals surface area contributed by atoms with Crippen LogP contribution in [-0.2, 0) is 5.54 Å². The van der Waals surface area contributed by atoms with Crippen molar-refractivity contribution in [2.24, 2.45) is 0 Å². The molecule has 0 aliphatic carbocycles. The van der Waals surface area contributed by atoms with Gasteiger partial charge in [-0.1, -0.05) is 12.6 Å². The van der Waals surface area contributed by atoms with Gasteiger partial charge in [-0.2, -0.15) is 0 Å². The first-order chi connectivity index (χ1) is 19.9. The normalized spacial score (nSPS) is 14.5. The fourth-order valence-corrected chi connectivity index (χ4v) is 4.62. The van der Waals surface area contributed by atoms with Crippen molar-refractivity contribution in [3.05, 3.63) is 54.7 Å². The molecule has 2 aromatic carbocycles. The highest BCUT2D eigenvalue weighted by Gasteiger charge is 2.29. The lowest BCUT2D eigenvalue weighted by Crippen LogP contribution is -2.35. The van der Waals surface area contributed by atoms with Gasteiger partial charge >= 0.3 is 6.16 Å². The number of nitrogens with zero attached hydrogens (tertiary/aromatic N) is 5. The molecule has 0 bridgehead atoms. The largest absolute Gasteiger partial charge is 0.487 e. The lowest BCUT2D eigenvalue weighted by Gasteiger charge is -2.26. The number of hydrogen-bond acceptors (Lipinski definition) is 11. The number of benzene rings is 2. The van der Waals surface area contributed by atoms with Crippen LogP contribution in [0.4, 0.5) is 15.9 Å². The van der Waals surface area contributed by atoms with Gasteiger partial charge in [0.05, 0.1) is 22.8 Å². The van der Waals surface area contributed by atoms with Crippen molar-refractivity contribution in [1.29, 1.82) is 5.26 Å². The minimum absolute atomic E-state index is 0.0474. The summed E-state index contributed by atoms with van der Waals surface area (Å²) in [4.78, 5) is 8.45. The number of fused-ring (bicyclic) bond motifs is 1. The maximum absolute atomic E-state index is 15.2. The molecule has 0 spiro atoms. The molecule has 0 atom stereocenters. The van der Waals surface area contributed by atoms with E-state index in [9.17, 15) is 20.6 Å². The van der Waals surface area contributed by atoms with Crippen LogP contribution in [0.25, 0.3) is 10.9 Å². The predicted molar refractivity (Wildman–Crippen MR) is 151 cm³/mol. The summed E-state index contributed by atoms with van der Waals surface area (Å²) in [5, 5.41) is 45.3. The molecule has 4 aromatic rings. The fraction of sp³-hybridized carbons (Fsp3) is 0.357. The lowest BCUT2D eigenvalue weighted by molar-refractivity contribution is -0.419. The Hall–Kier alpha value is -4.45. The smallest absolute Gasteiger partial charge is 0.453 e. The molecule has 2 aromatic heterocycles. The summed E-state index contributed by atoms with van der Waals surface area (Å²) >= 11 is 0. The van der Waals surface area contributed by atoms with Crippen molar-refractivity contribution >= 4 is 29.1 Å². The summed E-state index contributed by atoms with van der Waals surface area (Å²) in [5.41, 5.74) is 0.176. The number of halogens is 1. The van der Waals surface area contributed by atoms with Crippen molar-refractivity contribution < 1.29 is 33.9 Å². The van der Waals surface area contributed by atoms with Gasteiger partial charge in [-0.25, -0.2) is 19.6 Å². The summed E-state index contributed by atoms with van der Waals surface area (Å²) < 4.78 is 33.7. The Morgan fingerprint density at radius 2 is 1.83 bits per heavy atom. The first-order valence-electron chi connectivity index (χ1n) is 13.4. The first-order valence-corrected chi connectivity index (χ1v) is 13.4. The summed E-state index contributed by atoms with van der Waals surface area (Å²) in [6, 6.07) is 8.87. The number of ether oxygens (including phenoxy) is 3. The van der Waals surface area contributed by atoms with Gasteiger partial charge in [-0.15, -0.1) is 5.10 Å². The highest BCUT2D eigenvalue weighted by Crippen LogP contribution is 2.38. The Labute approximate surface area is 241 Å². The topological polar surface area (TPSA) is 168 Å². The molecule has 1 aliphatic rings. The molecule has 14 heteroatoms. The SMILES string of the molecule is CC(C)(C)n1ccc(Oc2ccc(Nc3ncnc4cc(OC(O)(O)O)c(OC5CCB(C#N)CC5)cc34)c(F)c2)n1. The molecule has 1 fully saturated rings. The Balaban J connectivity index is 1.41. The average molecular weight is 576 g/mol. The van der Waals surface area contributed by atoms with Gasteiger partial charge < -0.3 is 34.8 Å². The van der Waals surface area contributed by atoms with Crippen LogP contribution < -0.4 is 19.5 Å². The Morgan fingerprint density at radius 3 is 2.48 bits per heavy atom. The molecule has 1 saturated heterocycles. The standard InChI is InChI=1S/C28H30BFN6O6/c1-27(2,3)36-11-8-25(35-36)41-18-4-5-21(20(30)12-18)34-26-19-13-23(40-17-6-9-29(15-31)10-7-17)24(42-28(37,38)39)14-22(19)32-16-33-26/h4-5,8,11-14,16-17,37-39H,6-7,9-10H2,1-3H3,(H,32,33,34). The van der Waals surface area contributed by atoms with Crippen LogP contribution in [0.3, 0.4) is 0 Å². The van der Waals surface area contributed by atoms with Crippen molar-refractivity contribution in [2.45, 2.75) is 64.1 Å². The number of rotatable bonds is 8. The second kappa shape index (κ2) is 11.4. The van der Waals surface area contributed by atoms with Crippen LogP contribution in [-0.4, -0.2) is 54.0 Å². The third-order valence-electron chi connectivity index (χ3n) is 6.77. The van der Waals surface area contributed by atoms with Crippen molar-refractivity contribution in [3.8, 4) is 29.1 Å². The zero-order valence-corrected chi connectivity index (χ0v) is 23.3. The molecule has 1 aliphatic heterocycles. The molecule has 42 heavy (non-hydrogen) atoms. The van der Waals surface area contributed by atoms with E-state index < -0.39 is 12.0 Å². The summed E-state index contributed by atoms with van der Waals surface area (Å²) in [5.74, 6) is 2.39. The number of aliphatic hydroxyl groups is 3. The molecule has 0 saturated carbocycles. The van der Waals surface area contributed by atoms with Crippen molar-refractivity contribution in [3.63, 3.8) is 0 Å². The first kappa shape index (κ1) is 29.1.